The third kappa shape index (κ3) is 1.88. The molecule has 16 heavy (non-hydrogen) atoms. The molecule has 1 aromatic heterocycles. The molecule has 0 atom stereocenters. The molecule has 3 rings (SSSR count). The first-order valence-corrected chi connectivity index (χ1v) is 5.13. The van der Waals surface area contributed by atoms with Crippen LogP contribution in [0.4, 0.5) is 0 Å². The summed E-state index contributed by atoms with van der Waals surface area (Å²) in [6.07, 6.45) is 0. The van der Waals surface area contributed by atoms with E-state index in [2.05, 4.69) is 23.2 Å². The van der Waals surface area contributed by atoms with Crippen LogP contribution in [0.2, 0.25) is 0 Å². The topological polar surface area (TPSA) is 33.1 Å². The van der Waals surface area contributed by atoms with Crippen LogP contribution in [0.25, 0.3) is 21.8 Å². The van der Waals surface area contributed by atoms with Crippen LogP contribution in [0.3, 0.4) is 0 Å². The molecule has 0 aliphatic heterocycles. The van der Waals surface area contributed by atoms with E-state index >= 15 is 0 Å². The van der Waals surface area contributed by atoms with E-state index < -0.39 is 0 Å². The van der Waals surface area contributed by atoms with Gasteiger partial charge in [0, 0.05) is 17.9 Å². The molecule has 0 bridgehead atoms. The van der Waals surface area contributed by atoms with Gasteiger partial charge in [0.1, 0.15) is 0 Å². The van der Waals surface area contributed by atoms with E-state index in [9.17, 15) is 0 Å². The molecule has 0 fully saturated rings. The third-order valence-corrected chi connectivity index (χ3v) is 2.43. The zero-order valence-corrected chi connectivity index (χ0v) is 9.09. The maximum absolute atomic E-state index is 7.00. The number of aliphatic hydroxyl groups excluding tert-OH is 1. The van der Waals surface area contributed by atoms with E-state index in [0.717, 1.165) is 18.1 Å². The van der Waals surface area contributed by atoms with Crippen LogP contribution in [-0.2, 0) is 0 Å². The van der Waals surface area contributed by atoms with Gasteiger partial charge in [-0.1, -0.05) is 36.4 Å². The van der Waals surface area contributed by atoms with Crippen LogP contribution in [0.1, 0.15) is 0 Å². The number of rotatable bonds is 0. The summed E-state index contributed by atoms with van der Waals surface area (Å²) < 4.78 is 0. The second kappa shape index (κ2) is 4.73. The number of benzene rings is 2. The maximum atomic E-state index is 7.00. The van der Waals surface area contributed by atoms with Crippen LogP contribution >= 0.6 is 0 Å². The van der Waals surface area contributed by atoms with Crippen molar-refractivity contribution in [3.05, 3.63) is 54.6 Å². The minimum atomic E-state index is 1.00. The predicted octanol–water partition coefficient (Wildman–Crippen LogP) is 3.00. The number of hydrogen-bond acceptors (Lipinski definition) is 2. The van der Waals surface area contributed by atoms with Gasteiger partial charge in [0.05, 0.1) is 11.0 Å². The summed E-state index contributed by atoms with van der Waals surface area (Å²) in [5.74, 6) is 0. The van der Waals surface area contributed by atoms with Crippen LogP contribution in [-0.4, -0.2) is 17.2 Å². The Morgan fingerprint density at radius 1 is 0.750 bits per heavy atom. The Kier molecular flexibility index (Phi) is 3.13. The second-order valence-corrected chi connectivity index (χ2v) is 3.37. The molecule has 0 unspecified atom stereocenters. The van der Waals surface area contributed by atoms with Gasteiger partial charge in [-0.05, 0) is 18.2 Å². The Morgan fingerprint density at radius 3 is 1.69 bits per heavy atom. The van der Waals surface area contributed by atoms with E-state index in [1.807, 2.05) is 36.4 Å². The zero-order chi connectivity index (χ0) is 11.4. The molecule has 1 N–H and O–H groups in total. The lowest BCUT2D eigenvalue weighted by Crippen LogP contribution is -1.80. The fourth-order valence-corrected chi connectivity index (χ4v) is 1.72. The smallest absolute Gasteiger partial charge is 0.0709 e. The van der Waals surface area contributed by atoms with Gasteiger partial charge in [0.15, 0.2) is 0 Å². The van der Waals surface area contributed by atoms with Gasteiger partial charge in [0.25, 0.3) is 0 Å². The van der Waals surface area contributed by atoms with Gasteiger partial charge in [-0.2, -0.15) is 0 Å². The Bertz CT molecular complexity index is 499. The van der Waals surface area contributed by atoms with Crippen molar-refractivity contribution in [3.8, 4) is 0 Å². The summed E-state index contributed by atoms with van der Waals surface area (Å²) in [5, 5.41) is 9.40. The molecule has 1 heterocycles. The summed E-state index contributed by atoms with van der Waals surface area (Å²) in [7, 11) is 1.00. The van der Waals surface area contributed by atoms with Crippen LogP contribution < -0.4 is 0 Å². The Balaban J connectivity index is 0.000000457. The first-order chi connectivity index (χ1) is 7.93. The molecule has 0 spiro atoms. The van der Waals surface area contributed by atoms with Crippen LogP contribution in [0.5, 0.6) is 0 Å². The normalized spacial score (nSPS) is 9.88. The van der Waals surface area contributed by atoms with Crippen molar-refractivity contribution in [1.82, 2.24) is 4.98 Å². The standard InChI is InChI=1S/C13H9N.CH4O/c1-3-7-12-10(5-1)9-11-6-2-4-8-13(11)14-12;1-2/h1-9H;2H,1H3. The molecule has 2 nitrogen and oxygen atoms in total. The number of nitrogens with zero attached hydrogens (tertiary/aromatic N) is 1. The lowest BCUT2D eigenvalue weighted by Gasteiger charge is -1.99. The third-order valence-electron chi connectivity index (χ3n) is 2.43. The van der Waals surface area contributed by atoms with Gasteiger partial charge in [-0.25, -0.2) is 4.98 Å². The SMILES string of the molecule is CO.c1ccc2nc3ccccc3cc2c1. The lowest BCUT2D eigenvalue weighted by molar-refractivity contribution is 0.399. The molecule has 2 aromatic carbocycles. The molecule has 80 valence electrons. The highest BCUT2D eigenvalue weighted by atomic mass is 16.2. The average Bonchev–Trinajstić information content (AvgIpc) is 2.38. The van der Waals surface area contributed by atoms with Crippen molar-refractivity contribution in [2.45, 2.75) is 0 Å². The average molecular weight is 211 g/mol. The van der Waals surface area contributed by atoms with E-state index in [1.54, 1.807) is 0 Å². The zero-order valence-electron chi connectivity index (χ0n) is 9.09. The van der Waals surface area contributed by atoms with E-state index in [1.165, 1.54) is 10.8 Å². The number of pyridine rings is 1. The minimum absolute atomic E-state index is 1.00. The molecule has 0 saturated carbocycles. The highest BCUT2D eigenvalue weighted by molar-refractivity contribution is 5.92. The highest BCUT2D eigenvalue weighted by Crippen LogP contribution is 2.18. The molecule has 0 aliphatic carbocycles. The molecule has 0 saturated heterocycles. The van der Waals surface area contributed by atoms with Gasteiger partial charge in [-0.3, -0.25) is 0 Å². The summed E-state index contributed by atoms with van der Waals surface area (Å²) in [6.45, 7) is 0. The fraction of sp³-hybridized carbons (Fsp3) is 0.0714. The van der Waals surface area contributed by atoms with Gasteiger partial charge in [-0.15, -0.1) is 0 Å². The first kappa shape index (κ1) is 10.6. The quantitative estimate of drug-likeness (QED) is 0.580. The Labute approximate surface area is 94.2 Å². The molecule has 3 aromatic rings. The van der Waals surface area contributed by atoms with E-state index in [-0.39, 0.29) is 0 Å². The van der Waals surface area contributed by atoms with Crippen molar-refractivity contribution in [2.75, 3.05) is 7.11 Å². The molecule has 0 amide bonds. The second-order valence-electron chi connectivity index (χ2n) is 3.37. The molecular formula is C14H13NO. The summed E-state index contributed by atoms with van der Waals surface area (Å²) >= 11 is 0. The fourth-order valence-electron chi connectivity index (χ4n) is 1.72. The molecular weight excluding hydrogens is 198 g/mol. The van der Waals surface area contributed by atoms with Crippen molar-refractivity contribution >= 4 is 21.8 Å². The van der Waals surface area contributed by atoms with Gasteiger partial charge < -0.3 is 5.11 Å². The van der Waals surface area contributed by atoms with E-state index in [0.29, 0.717) is 0 Å². The van der Waals surface area contributed by atoms with E-state index in [4.69, 9.17) is 5.11 Å². The monoisotopic (exact) mass is 211 g/mol. The van der Waals surface area contributed by atoms with Gasteiger partial charge >= 0.3 is 0 Å². The summed E-state index contributed by atoms with van der Waals surface area (Å²) in [6, 6.07) is 18.6. The molecule has 2 heteroatoms. The Morgan fingerprint density at radius 2 is 1.19 bits per heavy atom. The maximum Gasteiger partial charge on any atom is 0.0709 e. The number of hydrogen-bond donors (Lipinski definition) is 1. The molecule has 0 aliphatic rings. The van der Waals surface area contributed by atoms with Crippen molar-refractivity contribution < 1.29 is 5.11 Å². The first-order valence-electron chi connectivity index (χ1n) is 5.13. The highest BCUT2D eigenvalue weighted by Gasteiger charge is 1.96. The molecule has 0 radical (unpaired) electrons. The number of aliphatic hydroxyl groups is 1. The largest absolute Gasteiger partial charge is 0.400 e. The number of fused-ring (bicyclic) bond motifs is 2. The Hall–Kier alpha value is -1.93. The van der Waals surface area contributed by atoms with Crippen molar-refractivity contribution in [3.63, 3.8) is 0 Å². The summed E-state index contributed by atoms with van der Waals surface area (Å²) in [5.41, 5.74) is 2.12. The predicted molar refractivity (Wildman–Crippen MR) is 67.4 cm³/mol. The van der Waals surface area contributed by atoms with Gasteiger partial charge in [0.2, 0.25) is 0 Å². The number of para-hydroxylation sites is 2. The lowest BCUT2D eigenvalue weighted by atomic mass is 10.1. The van der Waals surface area contributed by atoms with Crippen LogP contribution in [0, 0.1) is 0 Å². The van der Waals surface area contributed by atoms with Crippen LogP contribution in [0.15, 0.2) is 54.6 Å². The van der Waals surface area contributed by atoms with Crippen molar-refractivity contribution in [1.29, 1.82) is 0 Å². The summed E-state index contributed by atoms with van der Waals surface area (Å²) in [4.78, 5) is 4.58. The number of aromatic nitrogens is 1. The minimum Gasteiger partial charge on any atom is -0.400 e. The van der Waals surface area contributed by atoms with Crippen molar-refractivity contribution in [2.24, 2.45) is 0 Å².